The molecule has 21 heavy (non-hydrogen) atoms. The zero-order chi connectivity index (χ0) is 16.2. The predicted octanol–water partition coefficient (Wildman–Crippen LogP) is -0.985. The van der Waals surface area contributed by atoms with Crippen molar-refractivity contribution in [2.45, 2.75) is 38.5 Å². The van der Waals surface area contributed by atoms with Crippen LogP contribution in [0.4, 0.5) is 0 Å². The number of hydrogen-bond acceptors (Lipinski definition) is 7. The second-order valence-electron chi connectivity index (χ2n) is 4.80. The van der Waals surface area contributed by atoms with Crippen LogP contribution in [0.5, 0.6) is 0 Å². The first-order valence-electron chi connectivity index (χ1n) is 6.06. The maximum absolute atomic E-state index is 11.6. The molecule has 0 unspecified atom stereocenters. The van der Waals surface area contributed by atoms with E-state index in [0.29, 0.717) is 0 Å². The van der Waals surface area contributed by atoms with Gasteiger partial charge >= 0.3 is 17.9 Å². The van der Waals surface area contributed by atoms with Gasteiger partial charge in [-0.2, -0.15) is 0 Å². The van der Waals surface area contributed by atoms with Crippen LogP contribution in [0.2, 0.25) is 0 Å². The Kier molecular flexibility index (Phi) is 4.90. The smallest absolute Gasteiger partial charge is 0.350 e. The van der Waals surface area contributed by atoms with E-state index in [1.807, 2.05) is 0 Å². The fraction of sp³-hybridized carbons (Fsp3) is 0.500. The third-order valence-electron chi connectivity index (χ3n) is 2.52. The van der Waals surface area contributed by atoms with Gasteiger partial charge in [-0.15, -0.1) is 0 Å². The zero-order valence-electron chi connectivity index (χ0n) is 11.5. The van der Waals surface area contributed by atoms with Crippen LogP contribution in [0.25, 0.3) is 0 Å². The fourth-order valence-corrected chi connectivity index (χ4v) is 1.53. The first-order valence-corrected chi connectivity index (χ1v) is 6.06. The number of rotatable bonds is 6. The van der Waals surface area contributed by atoms with Crippen LogP contribution in [0.3, 0.4) is 0 Å². The number of hydrogen-bond donors (Lipinski definition) is 3. The highest BCUT2D eigenvalue weighted by Gasteiger charge is 2.39. The van der Waals surface area contributed by atoms with E-state index in [1.165, 1.54) is 13.8 Å². The Morgan fingerprint density at radius 1 is 1.33 bits per heavy atom. The second kappa shape index (κ2) is 6.25. The fourth-order valence-electron chi connectivity index (χ4n) is 1.53. The number of nitrogens with one attached hydrogen (secondary N) is 1. The molecule has 1 aliphatic rings. The molecule has 0 spiro atoms. The van der Waals surface area contributed by atoms with Gasteiger partial charge in [0, 0.05) is 26.5 Å². The third kappa shape index (κ3) is 4.79. The van der Waals surface area contributed by atoms with Gasteiger partial charge in [-0.05, 0) is 6.42 Å². The molecule has 9 heteroatoms. The summed E-state index contributed by atoms with van der Waals surface area (Å²) in [5.41, 5.74) is 4.47. The molecule has 0 aliphatic carbocycles. The molecule has 1 heterocycles. The number of carbonyl (C=O) groups is 4. The molecular formula is C12H16N2O7. The standard InChI is InChI=1S/C12H16N2O7/c1-12(2)20-10(18)6(11(19)21-12)5-14-7(9(16)17)3-4-8(13)15/h5,7,14H,3-4H2,1-2H3,(H2,13,15)(H,16,17)/t7-/m0/s1. The molecule has 0 saturated carbocycles. The number of carboxylic acids is 1. The van der Waals surface area contributed by atoms with Crippen molar-refractivity contribution >= 4 is 23.8 Å². The molecule has 0 aromatic heterocycles. The SMILES string of the molecule is CC1(C)OC(=O)C(=CN[C@@H](CCC(N)=O)C(=O)O)C(=O)O1. The van der Waals surface area contributed by atoms with Crippen molar-refractivity contribution in [3.05, 3.63) is 11.8 Å². The zero-order valence-corrected chi connectivity index (χ0v) is 11.5. The molecule has 1 aliphatic heterocycles. The van der Waals surface area contributed by atoms with E-state index in [2.05, 4.69) is 5.32 Å². The number of carboxylic acid groups (broad SMARTS) is 1. The van der Waals surface area contributed by atoms with E-state index < -0.39 is 41.2 Å². The van der Waals surface area contributed by atoms with Gasteiger partial charge in [0.25, 0.3) is 5.79 Å². The molecule has 0 bridgehead atoms. The summed E-state index contributed by atoms with van der Waals surface area (Å²) in [7, 11) is 0. The van der Waals surface area contributed by atoms with Gasteiger partial charge in [0.05, 0.1) is 0 Å². The van der Waals surface area contributed by atoms with Gasteiger partial charge in [0.1, 0.15) is 6.04 Å². The first kappa shape index (κ1) is 16.5. The van der Waals surface area contributed by atoms with Crippen molar-refractivity contribution in [2.75, 3.05) is 0 Å². The Labute approximate surface area is 120 Å². The average molecular weight is 300 g/mol. The maximum atomic E-state index is 11.6. The third-order valence-corrected chi connectivity index (χ3v) is 2.52. The first-order chi connectivity index (χ1) is 9.62. The van der Waals surface area contributed by atoms with Gasteiger partial charge in [-0.1, -0.05) is 0 Å². The predicted molar refractivity (Wildman–Crippen MR) is 67.3 cm³/mol. The van der Waals surface area contributed by atoms with E-state index in [1.54, 1.807) is 0 Å². The highest BCUT2D eigenvalue weighted by molar-refractivity contribution is 6.15. The molecule has 1 amide bonds. The van der Waals surface area contributed by atoms with E-state index in [0.717, 1.165) is 6.20 Å². The van der Waals surface area contributed by atoms with E-state index in [9.17, 15) is 19.2 Å². The number of carbonyl (C=O) groups excluding carboxylic acids is 3. The van der Waals surface area contributed by atoms with Crippen molar-refractivity contribution in [3.63, 3.8) is 0 Å². The largest absolute Gasteiger partial charge is 0.480 e. The van der Waals surface area contributed by atoms with Crippen molar-refractivity contribution in [1.29, 1.82) is 0 Å². The average Bonchev–Trinajstić information content (AvgIpc) is 2.29. The number of aliphatic carboxylic acids is 1. The van der Waals surface area contributed by atoms with Gasteiger partial charge in [0.2, 0.25) is 5.91 Å². The molecule has 1 rings (SSSR count). The minimum absolute atomic E-state index is 0.0932. The number of amides is 1. The number of cyclic esters (lactones) is 2. The van der Waals surface area contributed by atoms with Crippen LogP contribution in [0, 0.1) is 0 Å². The minimum atomic E-state index is -1.37. The highest BCUT2D eigenvalue weighted by Crippen LogP contribution is 2.22. The topological polar surface area (TPSA) is 145 Å². The molecule has 0 aromatic rings. The van der Waals surface area contributed by atoms with E-state index in [4.69, 9.17) is 20.3 Å². The van der Waals surface area contributed by atoms with Crippen LogP contribution >= 0.6 is 0 Å². The lowest BCUT2D eigenvalue weighted by molar-refractivity contribution is -0.222. The summed E-state index contributed by atoms with van der Waals surface area (Å²) in [5, 5.41) is 11.3. The van der Waals surface area contributed by atoms with Crippen LogP contribution in [-0.2, 0) is 28.7 Å². The Hall–Kier alpha value is -2.58. The van der Waals surface area contributed by atoms with Gasteiger partial charge in [-0.3, -0.25) is 4.79 Å². The second-order valence-corrected chi connectivity index (χ2v) is 4.80. The van der Waals surface area contributed by atoms with Crippen LogP contribution in [0.15, 0.2) is 11.8 Å². The van der Waals surface area contributed by atoms with Crippen LogP contribution in [0.1, 0.15) is 26.7 Å². The number of ether oxygens (including phenoxy) is 2. The molecule has 0 radical (unpaired) electrons. The van der Waals surface area contributed by atoms with Crippen molar-refractivity contribution in [3.8, 4) is 0 Å². The summed E-state index contributed by atoms with van der Waals surface area (Å²) in [6.45, 7) is 2.78. The quantitative estimate of drug-likeness (QED) is 0.322. The summed E-state index contributed by atoms with van der Waals surface area (Å²) in [6, 6.07) is -1.18. The van der Waals surface area contributed by atoms with Crippen molar-refractivity contribution in [1.82, 2.24) is 5.32 Å². The molecule has 1 fully saturated rings. The van der Waals surface area contributed by atoms with Crippen LogP contribution in [-0.4, -0.2) is 40.8 Å². The molecular weight excluding hydrogens is 284 g/mol. The number of nitrogens with two attached hydrogens (primary N) is 1. The summed E-state index contributed by atoms with van der Waals surface area (Å²) in [5.74, 6) is -5.14. The monoisotopic (exact) mass is 300 g/mol. The van der Waals surface area contributed by atoms with Gasteiger partial charge in [-0.25, -0.2) is 14.4 Å². The lowest BCUT2D eigenvalue weighted by Gasteiger charge is -2.29. The highest BCUT2D eigenvalue weighted by atomic mass is 16.7. The van der Waals surface area contributed by atoms with Gasteiger partial charge < -0.3 is 25.6 Å². The van der Waals surface area contributed by atoms with Crippen molar-refractivity contribution in [2.24, 2.45) is 5.73 Å². The summed E-state index contributed by atoms with van der Waals surface area (Å²) >= 11 is 0. The minimum Gasteiger partial charge on any atom is -0.480 e. The summed E-state index contributed by atoms with van der Waals surface area (Å²) in [4.78, 5) is 44.9. The molecule has 9 nitrogen and oxygen atoms in total. The Morgan fingerprint density at radius 3 is 2.29 bits per heavy atom. The lowest BCUT2D eigenvalue weighted by atomic mass is 10.1. The van der Waals surface area contributed by atoms with Crippen LogP contribution < -0.4 is 11.1 Å². The molecule has 4 N–H and O–H groups in total. The number of esters is 2. The summed E-state index contributed by atoms with van der Waals surface area (Å²) in [6.07, 6.45) is 0.652. The Morgan fingerprint density at radius 2 is 1.86 bits per heavy atom. The molecule has 1 atom stereocenters. The molecule has 116 valence electrons. The normalized spacial score (nSPS) is 18.3. The van der Waals surface area contributed by atoms with Gasteiger partial charge in [0.15, 0.2) is 5.57 Å². The maximum Gasteiger partial charge on any atom is 0.350 e. The van der Waals surface area contributed by atoms with E-state index >= 15 is 0 Å². The van der Waals surface area contributed by atoms with Crippen molar-refractivity contribution < 1.29 is 33.8 Å². The number of primary amides is 1. The Bertz CT molecular complexity index is 488. The summed E-state index contributed by atoms with van der Waals surface area (Å²) < 4.78 is 9.67. The van der Waals surface area contributed by atoms with E-state index in [-0.39, 0.29) is 12.8 Å². The molecule has 1 saturated heterocycles. The Balaban J connectivity index is 2.77. The lowest BCUT2D eigenvalue weighted by Crippen LogP contribution is -2.43. The molecule has 0 aromatic carbocycles.